The van der Waals surface area contributed by atoms with Crippen LogP contribution in [-0.2, 0) is 4.79 Å². The van der Waals surface area contributed by atoms with E-state index in [2.05, 4.69) is 4.37 Å². The van der Waals surface area contributed by atoms with Gasteiger partial charge in [0.05, 0.1) is 10.1 Å². The summed E-state index contributed by atoms with van der Waals surface area (Å²) in [6.45, 7) is 0. The average Bonchev–Trinajstić information content (AvgIpc) is 2.87. The molecule has 0 aliphatic heterocycles. The van der Waals surface area contributed by atoms with Crippen LogP contribution in [0.25, 0.3) is 10.1 Å². The topological polar surface area (TPSA) is 59.4 Å². The summed E-state index contributed by atoms with van der Waals surface area (Å²) in [5, 5.41) is 10.6. The number of aromatic nitrogens is 1. The number of halogens is 1. The van der Waals surface area contributed by atoms with Crippen molar-refractivity contribution in [3.05, 3.63) is 59.1 Å². The van der Waals surface area contributed by atoms with Crippen molar-refractivity contribution in [3.8, 4) is 5.88 Å². The number of nitrogens with zero attached hydrogens (tertiary/aromatic N) is 1. The molecule has 0 aliphatic rings. The molecule has 0 fully saturated rings. The number of aliphatic carboxylic acids is 1. The second-order valence-electron chi connectivity index (χ2n) is 4.38. The highest BCUT2D eigenvalue weighted by Gasteiger charge is 2.23. The van der Waals surface area contributed by atoms with Crippen molar-refractivity contribution < 1.29 is 14.6 Å². The smallest absolute Gasteiger partial charge is 0.349 e. The predicted octanol–water partition coefficient (Wildman–Crippen LogP) is 4.15. The number of rotatable bonds is 4. The minimum Gasteiger partial charge on any atom is -0.478 e. The molecule has 0 spiro atoms. The summed E-state index contributed by atoms with van der Waals surface area (Å²) in [5.41, 5.74) is 0.563. The highest BCUT2D eigenvalue weighted by atomic mass is 35.5. The van der Waals surface area contributed by atoms with Gasteiger partial charge >= 0.3 is 5.97 Å². The van der Waals surface area contributed by atoms with Crippen molar-refractivity contribution >= 4 is 39.2 Å². The Bertz CT molecular complexity index is 788. The van der Waals surface area contributed by atoms with E-state index in [9.17, 15) is 9.90 Å². The summed E-state index contributed by atoms with van der Waals surface area (Å²) in [7, 11) is 0. The van der Waals surface area contributed by atoms with E-state index in [-0.39, 0.29) is 5.88 Å². The normalized spacial score (nSPS) is 12.2. The molecule has 4 nitrogen and oxygen atoms in total. The van der Waals surface area contributed by atoms with Gasteiger partial charge in [0.25, 0.3) is 0 Å². The molecule has 1 atom stereocenters. The number of carboxylic acids is 1. The molecule has 0 radical (unpaired) electrons. The molecular formula is C15H10ClNO3S. The fraction of sp³-hybridized carbons (Fsp3) is 0.0667. The minimum absolute atomic E-state index is 0.286. The van der Waals surface area contributed by atoms with E-state index in [4.69, 9.17) is 16.3 Å². The monoisotopic (exact) mass is 319 g/mol. The second-order valence-corrected chi connectivity index (χ2v) is 5.62. The van der Waals surface area contributed by atoms with Crippen LogP contribution < -0.4 is 4.74 Å². The molecule has 1 N–H and O–H groups in total. The van der Waals surface area contributed by atoms with Crippen molar-refractivity contribution in [1.82, 2.24) is 4.37 Å². The molecule has 1 heterocycles. The van der Waals surface area contributed by atoms with E-state index in [0.717, 1.165) is 10.1 Å². The van der Waals surface area contributed by atoms with Gasteiger partial charge in [-0.3, -0.25) is 0 Å². The summed E-state index contributed by atoms with van der Waals surface area (Å²) in [6, 6.07) is 14.1. The third-order valence-electron chi connectivity index (χ3n) is 2.96. The Morgan fingerprint density at radius 3 is 2.71 bits per heavy atom. The average molecular weight is 320 g/mol. The maximum atomic E-state index is 11.5. The fourth-order valence-electron chi connectivity index (χ4n) is 1.97. The Labute approximate surface area is 129 Å². The first-order valence-electron chi connectivity index (χ1n) is 6.14. The Kier molecular flexibility index (Phi) is 3.77. The van der Waals surface area contributed by atoms with Gasteiger partial charge in [0, 0.05) is 10.6 Å². The number of hydrogen-bond acceptors (Lipinski definition) is 4. The summed E-state index contributed by atoms with van der Waals surface area (Å²) < 4.78 is 10.7. The van der Waals surface area contributed by atoms with Crippen molar-refractivity contribution in [2.45, 2.75) is 6.10 Å². The number of fused-ring (bicyclic) bond motifs is 1. The highest BCUT2D eigenvalue weighted by Crippen LogP contribution is 2.33. The molecule has 0 aliphatic carbocycles. The van der Waals surface area contributed by atoms with Gasteiger partial charge in [0.15, 0.2) is 0 Å². The molecule has 0 saturated carbocycles. The lowest BCUT2D eigenvalue weighted by Crippen LogP contribution is -2.18. The Hall–Kier alpha value is -2.11. The molecule has 0 bridgehead atoms. The first kappa shape index (κ1) is 13.9. The second kappa shape index (κ2) is 5.71. The molecular weight excluding hydrogens is 310 g/mol. The van der Waals surface area contributed by atoms with Gasteiger partial charge in [-0.1, -0.05) is 41.9 Å². The van der Waals surface area contributed by atoms with E-state index in [1.807, 2.05) is 12.1 Å². The summed E-state index contributed by atoms with van der Waals surface area (Å²) in [5.74, 6) is -0.780. The number of carboxylic acid groups (broad SMARTS) is 1. The van der Waals surface area contributed by atoms with Gasteiger partial charge in [-0.05, 0) is 29.7 Å². The van der Waals surface area contributed by atoms with Gasteiger partial charge < -0.3 is 9.84 Å². The van der Waals surface area contributed by atoms with E-state index >= 15 is 0 Å². The van der Waals surface area contributed by atoms with Gasteiger partial charge in [-0.2, -0.15) is 4.37 Å². The van der Waals surface area contributed by atoms with E-state index in [1.54, 1.807) is 36.4 Å². The van der Waals surface area contributed by atoms with Crippen LogP contribution in [0.2, 0.25) is 5.02 Å². The third kappa shape index (κ3) is 2.84. The molecule has 0 amide bonds. The van der Waals surface area contributed by atoms with Crippen molar-refractivity contribution in [3.63, 3.8) is 0 Å². The summed E-state index contributed by atoms with van der Waals surface area (Å²) in [6.07, 6.45) is -1.10. The summed E-state index contributed by atoms with van der Waals surface area (Å²) >= 11 is 7.21. The van der Waals surface area contributed by atoms with Gasteiger partial charge in [-0.25, -0.2) is 4.79 Å². The first-order chi connectivity index (χ1) is 10.1. The van der Waals surface area contributed by atoms with Crippen molar-refractivity contribution in [2.24, 2.45) is 0 Å². The number of benzene rings is 2. The maximum Gasteiger partial charge on any atom is 0.349 e. The Morgan fingerprint density at radius 2 is 2.00 bits per heavy atom. The summed E-state index contributed by atoms with van der Waals surface area (Å²) in [4.78, 5) is 11.5. The zero-order valence-electron chi connectivity index (χ0n) is 10.7. The van der Waals surface area contributed by atoms with Crippen molar-refractivity contribution in [1.29, 1.82) is 0 Å². The van der Waals surface area contributed by atoms with Crippen LogP contribution in [0.4, 0.5) is 0 Å². The van der Waals surface area contributed by atoms with E-state index in [0.29, 0.717) is 10.6 Å². The zero-order chi connectivity index (χ0) is 14.8. The molecule has 21 heavy (non-hydrogen) atoms. The Morgan fingerprint density at radius 1 is 1.24 bits per heavy atom. The van der Waals surface area contributed by atoms with Crippen molar-refractivity contribution in [2.75, 3.05) is 0 Å². The largest absolute Gasteiger partial charge is 0.478 e. The van der Waals surface area contributed by atoms with Gasteiger partial charge in [-0.15, -0.1) is 0 Å². The van der Waals surface area contributed by atoms with Crippen LogP contribution in [0.3, 0.4) is 0 Å². The van der Waals surface area contributed by atoms with Crippen LogP contribution in [-0.4, -0.2) is 15.4 Å². The quantitative estimate of drug-likeness (QED) is 0.784. The molecule has 3 rings (SSSR count). The van der Waals surface area contributed by atoms with Crippen LogP contribution in [0.15, 0.2) is 48.5 Å². The number of carbonyl (C=O) groups is 1. The molecule has 3 aromatic rings. The fourth-order valence-corrected chi connectivity index (χ4v) is 2.84. The minimum atomic E-state index is -1.10. The molecule has 0 saturated heterocycles. The highest BCUT2D eigenvalue weighted by molar-refractivity contribution is 7.13. The lowest BCUT2D eigenvalue weighted by atomic mass is 10.1. The Balaban J connectivity index is 1.99. The lowest BCUT2D eigenvalue weighted by molar-refractivity contribution is -0.145. The lowest BCUT2D eigenvalue weighted by Gasteiger charge is -2.13. The number of ether oxygens (including phenoxy) is 1. The van der Waals surface area contributed by atoms with Crippen LogP contribution >= 0.6 is 23.1 Å². The predicted molar refractivity (Wildman–Crippen MR) is 82.1 cm³/mol. The van der Waals surface area contributed by atoms with E-state index in [1.165, 1.54) is 11.5 Å². The third-order valence-corrected chi connectivity index (χ3v) is 4.00. The molecule has 106 valence electrons. The number of hydrogen-bond donors (Lipinski definition) is 1. The van der Waals surface area contributed by atoms with Crippen LogP contribution in [0.1, 0.15) is 11.7 Å². The maximum absolute atomic E-state index is 11.5. The van der Waals surface area contributed by atoms with Gasteiger partial charge in [0.1, 0.15) is 0 Å². The molecule has 6 heteroatoms. The van der Waals surface area contributed by atoms with Crippen LogP contribution in [0.5, 0.6) is 5.88 Å². The molecule has 2 aromatic carbocycles. The first-order valence-corrected chi connectivity index (χ1v) is 7.29. The molecule has 1 unspecified atom stereocenters. The van der Waals surface area contributed by atoms with Crippen LogP contribution in [0, 0.1) is 0 Å². The molecule has 1 aromatic heterocycles. The van der Waals surface area contributed by atoms with E-state index < -0.39 is 12.1 Å². The van der Waals surface area contributed by atoms with Gasteiger partial charge in [0.2, 0.25) is 12.0 Å². The SMILES string of the molecule is O=C(O)C(Oc1nsc2ccc(Cl)cc12)c1ccccc1. The zero-order valence-corrected chi connectivity index (χ0v) is 12.3. The standard InChI is InChI=1S/C15H10ClNO3S/c16-10-6-7-12-11(8-10)14(17-21-12)20-13(15(18)19)9-4-2-1-3-5-9/h1-8,13H,(H,18,19).